The topological polar surface area (TPSA) is 78.7 Å². The Morgan fingerprint density at radius 2 is 1.71 bits per heavy atom. The molecule has 0 saturated carbocycles. The maximum atomic E-state index is 12.4. The van der Waals surface area contributed by atoms with E-state index in [4.69, 9.17) is 8.25 Å². The minimum atomic E-state index is -2.89. The van der Waals surface area contributed by atoms with E-state index in [0.717, 1.165) is 19.4 Å². The van der Waals surface area contributed by atoms with Crippen LogP contribution in [-0.4, -0.2) is 40.6 Å². The number of rotatable bonds is 11. The molecule has 0 heterocycles. The molecule has 0 radical (unpaired) electrons. The van der Waals surface area contributed by atoms with Crippen molar-refractivity contribution in [2.24, 2.45) is 11.8 Å². The monoisotopic (exact) mass is 477 g/mol. The first-order chi connectivity index (χ1) is 12.9. The fraction of sp³-hybridized carbons (Fsp3) is 0.700. The molecule has 0 fully saturated rings. The third-order valence-corrected chi connectivity index (χ3v) is 12.4. The van der Waals surface area contributed by atoms with Crippen LogP contribution in [0.1, 0.15) is 47.5 Å². The van der Waals surface area contributed by atoms with E-state index in [2.05, 4.69) is 47.7 Å². The van der Waals surface area contributed by atoms with E-state index in [9.17, 15) is 13.9 Å². The summed E-state index contributed by atoms with van der Waals surface area (Å²) in [7, 11) is -1.76. The summed E-state index contributed by atoms with van der Waals surface area (Å²) in [5, 5.41) is 11.3. The molecule has 0 aliphatic carbocycles. The number of benzene rings is 1. The minimum absolute atomic E-state index is 0.134. The van der Waals surface area contributed by atoms with Gasteiger partial charge in [-0.2, -0.15) is 0 Å². The van der Waals surface area contributed by atoms with Gasteiger partial charge in [0.25, 0.3) is 0 Å². The molecule has 6 nitrogen and oxygen atoms in total. The molecular formula is C20H35NO5SeSi. The predicted octanol–water partition coefficient (Wildman–Crippen LogP) is 4.81. The van der Waals surface area contributed by atoms with Crippen LogP contribution in [0.15, 0.2) is 24.3 Å². The molecule has 0 bridgehead atoms. The molecule has 28 heavy (non-hydrogen) atoms. The van der Waals surface area contributed by atoms with E-state index in [0.29, 0.717) is 18.4 Å². The van der Waals surface area contributed by atoms with Gasteiger partial charge in [0.05, 0.1) is 0 Å². The van der Waals surface area contributed by atoms with E-state index in [1.807, 2.05) is 0 Å². The molecule has 1 unspecified atom stereocenters. The van der Waals surface area contributed by atoms with E-state index >= 15 is 0 Å². The zero-order valence-electron chi connectivity index (χ0n) is 18.2. The van der Waals surface area contributed by atoms with E-state index < -0.39 is 27.4 Å². The molecule has 0 aliphatic rings. The SMILES string of the molecule is CC(C)[C@@H](CCO[Se](=O)c1ccccc1[N+](=O)[O-])CCO[Si](C)(C)C(C)(C)C. The number of para-hydroxylation sites is 1. The molecule has 0 aromatic heterocycles. The van der Waals surface area contributed by atoms with Gasteiger partial charge in [0, 0.05) is 0 Å². The second kappa shape index (κ2) is 10.7. The van der Waals surface area contributed by atoms with Crippen molar-refractivity contribution < 1.29 is 17.0 Å². The van der Waals surface area contributed by atoms with Crippen molar-refractivity contribution >= 4 is 32.6 Å². The average Bonchev–Trinajstić information content (AvgIpc) is 2.58. The number of hydrogen-bond acceptors (Lipinski definition) is 5. The summed E-state index contributed by atoms with van der Waals surface area (Å²) in [5.74, 6) is 0.858. The molecule has 2 atom stereocenters. The number of hydrogen-bond donors (Lipinski definition) is 0. The van der Waals surface area contributed by atoms with Crippen molar-refractivity contribution in [1.82, 2.24) is 0 Å². The first-order valence-electron chi connectivity index (χ1n) is 9.79. The Morgan fingerprint density at radius 1 is 1.14 bits per heavy atom. The summed E-state index contributed by atoms with van der Waals surface area (Å²) in [5.41, 5.74) is -0.134. The van der Waals surface area contributed by atoms with Gasteiger partial charge in [-0.3, -0.25) is 0 Å². The van der Waals surface area contributed by atoms with Gasteiger partial charge in [0.15, 0.2) is 0 Å². The van der Waals surface area contributed by atoms with E-state index in [1.54, 1.807) is 12.1 Å². The van der Waals surface area contributed by atoms with Crippen LogP contribution >= 0.6 is 0 Å². The van der Waals surface area contributed by atoms with Crippen LogP contribution in [0, 0.1) is 22.0 Å². The Hall–Kier alpha value is -0.924. The van der Waals surface area contributed by atoms with Crippen molar-refractivity contribution in [2.75, 3.05) is 13.2 Å². The Kier molecular flexibility index (Phi) is 9.63. The summed E-state index contributed by atoms with van der Waals surface area (Å²) in [6, 6.07) is 6.10. The summed E-state index contributed by atoms with van der Waals surface area (Å²) >= 11 is -2.89. The third kappa shape index (κ3) is 7.48. The quantitative estimate of drug-likeness (QED) is 0.260. The fourth-order valence-corrected chi connectivity index (χ4v) is 5.48. The molecule has 8 heteroatoms. The molecule has 1 aromatic carbocycles. The van der Waals surface area contributed by atoms with E-state index in [-0.39, 0.29) is 15.2 Å². The Morgan fingerprint density at radius 3 is 2.25 bits per heavy atom. The zero-order chi connectivity index (χ0) is 21.5. The number of nitro groups is 1. The molecule has 0 amide bonds. The molecule has 0 aliphatic heterocycles. The Labute approximate surface area is 174 Å². The van der Waals surface area contributed by atoms with Gasteiger partial charge >= 0.3 is 175 Å². The third-order valence-electron chi connectivity index (χ3n) is 5.62. The second-order valence-corrected chi connectivity index (χ2v) is 16.2. The molecule has 1 rings (SSSR count). The van der Waals surface area contributed by atoms with Crippen LogP contribution in [0.2, 0.25) is 18.1 Å². The molecule has 0 saturated heterocycles. The van der Waals surface area contributed by atoms with Gasteiger partial charge in [-0.15, -0.1) is 0 Å². The molecule has 1 aromatic rings. The maximum absolute atomic E-state index is 12.4. The summed E-state index contributed by atoms with van der Waals surface area (Å²) in [4.78, 5) is 10.6. The van der Waals surface area contributed by atoms with Crippen molar-refractivity contribution in [3.63, 3.8) is 0 Å². The van der Waals surface area contributed by atoms with Crippen LogP contribution in [0.25, 0.3) is 0 Å². The average molecular weight is 477 g/mol. The van der Waals surface area contributed by atoms with Gasteiger partial charge in [-0.05, 0) is 0 Å². The van der Waals surface area contributed by atoms with Crippen molar-refractivity contribution in [1.29, 1.82) is 0 Å². The number of nitro benzene ring substituents is 1. The fourth-order valence-electron chi connectivity index (χ4n) is 2.58. The summed E-state index contributed by atoms with van der Waals surface area (Å²) in [6.45, 7) is 16.6. The van der Waals surface area contributed by atoms with Crippen LogP contribution in [0.3, 0.4) is 0 Å². The second-order valence-electron chi connectivity index (χ2n) is 8.97. The molecule has 0 N–H and O–H groups in total. The Bertz CT molecular complexity index is 673. The van der Waals surface area contributed by atoms with Gasteiger partial charge in [0.1, 0.15) is 0 Å². The predicted molar refractivity (Wildman–Crippen MR) is 116 cm³/mol. The number of nitrogens with zero attached hydrogens (tertiary/aromatic N) is 1. The van der Waals surface area contributed by atoms with Crippen LogP contribution in [0.5, 0.6) is 0 Å². The van der Waals surface area contributed by atoms with Crippen molar-refractivity contribution in [3.8, 4) is 0 Å². The van der Waals surface area contributed by atoms with Gasteiger partial charge in [-0.1, -0.05) is 0 Å². The normalized spacial score (nSPS) is 14.9. The van der Waals surface area contributed by atoms with Crippen LogP contribution in [-0.2, 0) is 12.1 Å². The first kappa shape index (κ1) is 25.1. The van der Waals surface area contributed by atoms with Crippen molar-refractivity contribution in [3.05, 3.63) is 34.4 Å². The first-order valence-corrected chi connectivity index (χ1v) is 15.0. The Balaban J connectivity index is 2.56. The molecular weight excluding hydrogens is 441 g/mol. The summed E-state index contributed by atoms with van der Waals surface area (Å²) < 4.78 is 24.5. The van der Waals surface area contributed by atoms with Gasteiger partial charge in [0.2, 0.25) is 0 Å². The molecule has 160 valence electrons. The zero-order valence-corrected chi connectivity index (χ0v) is 20.9. The molecule has 0 spiro atoms. The van der Waals surface area contributed by atoms with E-state index in [1.165, 1.54) is 12.1 Å². The van der Waals surface area contributed by atoms with Gasteiger partial charge in [-0.25, -0.2) is 0 Å². The van der Waals surface area contributed by atoms with Gasteiger partial charge < -0.3 is 0 Å². The van der Waals surface area contributed by atoms with Crippen LogP contribution in [0.4, 0.5) is 5.69 Å². The van der Waals surface area contributed by atoms with Crippen molar-refractivity contribution in [2.45, 2.75) is 65.6 Å². The summed E-state index contributed by atoms with van der Waals surface area (Å²) in [6.07, 6.45) is 1.70. The van der Waals surface area contributed by atoms with Crippen LogP contribution < -0.4 is 4.46 Å². The standard InChI is InChI=1S/C20H35NO5SeSi/c1-16(2)17(13-15-26-28(6,7)20(3,4)5)12-14-25-27(24)19-11-9-8-10-18(19)21(22)23/h8-11,16-17H,12-15H2,1-7H3/t17-,27?/m0/s1.